The van der Waals surface area contributed by atoms with E-state index in [1.54, 1.807) is 0 Å². The van der Waals surface area contributed by atoms with Gasteiger partial charge in [0.2, 0.25) is 11.7 Å². The Kier molecular flexibility index (Phi) is 4.65. The highest BCUT2D eigenvalue weighted by Gasteiger charge is 2.32. The maximum atomic E-state index is 5.82. The molecule has 0 aliphatic rings. The Labute approximate surface area is 103 Å². The van der Waals surface area contributed by atoms with E-state index in [0.29, 0.717) is 18.3 Å². The summed E-state index contributed by atoms with van der Waals surface area (Å²) < 4.78 is 11.0. The first-order chi connectivity index (χ1) is 7.94. The number of aromatic nitrogens is 2. The first-order valence-electron chi connectivity index (χ1n) is 6.18. The smallest absolute Gasteiger partial charge is 0.231 e. The summed E-state index contributed by atoms with van der Waals surface area (Å²) >= 11 is 0. The van der Waals surface area contributed by atoms with Crippen molar-refractivity contribution in [2.75, 3.05) is 6.61 Å². The average Bonchev–Trinajstić information content (AvgIpc) is 2.77. The molecule has 98 valence electrons. The van der Waals surface area contributed by atoms with Crippen LogP contribution in [0.3, 0.4) is 0 Å². The standard InChI is InChI=1S/C12H23N3O2/c1-6-12(5,16-7-2)11-14-10(17-15-11)8(3)9(4)13/h8-9H,6-7,13H2,1-5H3. The second kappa shape index (κ2) is 5.60. The van der Waals surface area contributed by atoms with Gasteiger partial charge in [0.15, 0.2) is 0 Å². The fourth-order valence-electron chi connectivity index (χ4n) is 1.50. The molecule has 0 radical (unpaired) electrons. The van der Waals surface area contributed by atoms with Gasteiger partial charge < -0.3 is 15.0 Å². The molecule has 1 aromatic rings. The molecule has 0 fully saturated rings. The first kappa shape index (κ1) is 14.1. The lowest BCUT2D eigenvalue weighted by Crippen LogP contribution is -2.27. The van der Waals surface area contributed by atoms with E-state index in [2.05, 4.69) is 10.1 Å². The van der Waals surface area contributed by atoms with E-state index in [-0.39, 0.29) is 12.0 Å². The molecule has 0 saturated heterocycles. The van der Waals surface area contributed by atoms with Gasteiger partial charge in [-0.25, -0.2) is 0 Å². The van der Waals surface area contributed by atoms with Gasteiger partial charge in [-0.15, -0.1) is 0 Å². The number of nitrogens with zero attached hydrogens (tertiary/aromatic N) is 2. The molecule has 0 amide bonds. The average molecular weight is 241 g/mol. The Balaban J connectivity index is 2.93. The van der Waals surface area contributed by atoms with E-state index in [9.17, 15) is 0 Å². The minimum atomic E-state index is -0.478. The van der Waals surface area contributed by atoms with Crippen LogP contribution in [-0.2, 0) is 10.3 Å². The summed E-state index contributed by atoms with van der Waals surface area (Å²) in [6.45, 7) is 10.5. The highest BCUT2D eigenvalue weighted by Crippen LogP contribution is 2.28. The van der Waals surface area contributed by atoms with Crippen LogP contribution in [0.5, 0.6) is 0 Å². The molecule has 5 nitrogen and oxygen atoms in total. The van der Waals surface area contributed by atoms with Crippen LogP contribution in [-0.4, -0.2) is 22.8 Å². The third kappa shape index (κ3) is 3.04. The molecule has 1 heterocycles. The van der Waals surface area contributed by atoms with Crippen LogP contribution in [0, 0.1) is 0 Å². The molecular weight excluding hydrogens is 218 g/mol. The highest BCUT2D eigenvalue weighted by molar-refractivity contribution is 5.02. The molecule has 0 aromatic carbocycles. The molecule has 0 aliphatic heterocycles. The van der Waals surface area contributed by atoms with Gasteiger partial charge in [-0.2, -0.15) is 4.98 Å². The molecule has 0 saturated carbocycles. The molecule has 0 aliphatic carbocycles. The number of nitrogens with two attached hydrogens (primary N) is 1. The second-order valence-corrected chi connectivity index (χ2v) is 4.62. The lowest BCUT2D eigenvalue weighted by molar-refractivity contribution is -0.0403. The van der Waals surface area contributed by atoms with E-state index in [0.717, 1.165) is 6.42 Å². The second-order valence-electron chi connectivity index (χ2n) is 4.62. The quantitative estimate of drug-likeness (QED) is 0.826. The Hall–Kier alpha value is -0.940. The SMILES string of the molecule is CCOC(C)(CC)c1noc(C(C)C(C)N)n1. The third-order valence-electron chi connectivity index (χ3n) is 3.23. The largest absolute Gasteiger partial charge is 0.367 e. The van der Waals surface area contributed by atoms with Crippen molar-refractivity contribution in [3.8, 4) is 0 Å². The number of rotatable bonds is 6. The third-order valence-corrected chi connectivity index (χ3v) is 3.23. The van der Waals surface area contributed by atoms with Crippen LogP contribution in [0.2, 0.25) is 0 Å². The van der Waals surface area contributed by atoms with Gasteiger partial charge in [0.25, 0.3) is 0 Å². The summed E-state index contributed by atoms with van der Waals surface area (Å²) in [5.41, 5.74) is 5.34. The van der Waals surface area contributed by atoms with Crippen molar-refractivity contribution in [3.63, 3.8) is 0 Å². The van der Waals surface area contributed by atoms with Crippen molar-refractivity contribution in [1.29, 1.82) is 0 Å². The number of hydrogen-bond acceptors (Lipinski definition) is 5. The zero-order valence-electron chi connectivity index (χ0n) is 11.4. The fraction of sp³-hybridized carbons (Fsp3) is 0.833. The molecule has 3 unspecified atom stereocenters. The normalized spacial score (nSPS) is 18.7. The predicted molar refractivity (Wildman–Crippen MR) is 65.6 cm³/mol. The lowest BCUT2D eigenvalue weighted by atomic mass is 10.0. The van der Waals surface area contributed by atoms with Gasteiger partial charge in [-0.05, 0) is 27.2 Å². The summed E-state index contributed by atoms with van der Waals surface area (Å²) in [5.74, 6) is 1.23. The maximum Gasteiger partial charge on any atom is 0.231 e. The fourth-order valence-corrected chi connectivity index (χ4v) is 1.50. The van der Waals surface area contributed by atoms with Crippen LogP contribution in [0.1, 0.15) is 58.7 Å². The van der Waals surface area contributed by atoms with Crippen LogP contribution in [0.4, 0.5) is 0 Å². The molecule has 0 spiro atoms. The Bertz CT molecular complexity index is 351. The van der Waals surface area contributed by atoms with E-state index in [1.807, 2.05) is 34.6 Å². The highest BCUT2D eigenvalue weighted by atomic mass is 16.5. The molecule has 0 bridgehead atoms. The van der Waals surface area contributed by atoms with Crippen LogP contribution >= 0.6 is 0 Å². The summed E-state index contributed by atoms with van der Waals surface area (Å²) in [7, 11) is 0. The van der Waals surface area contributed by atoms with E-state index in [4.69, 9.17) is 15.0 Å². The molecule has 3 atom stereocenters. The molecule has 1 aromatic heterocycles. The Morgan fingerprint density at radius 1 is 1.41 bits per heavy atom. The topological polar surface area (TPSA) is 74.2 Å². The minimum Gasteiger partial charge on any atom is -0.367 e. The Morgan fingerprint density at radius 3 is 2.53 bits per heavy atom. The van der Waals surface area contributed by atoms with Gasteiger partial charge in [0.05, 0.1) is 5.92 Å². The molecular formula is C12H23N3O2. The first-order valence-corrected chi connectivity index (χ1v) is 6.18. The zero-order chi connectivity index (χ0) is 13.1. The summed E-state index contributed by atoms with van der Waals surface area (Å²) in [4.78, 5) is 4.41. The zero-order valence-corrected chi connectivity index (χ0v) is 11.4. The van der Waals surface area contributed by atoms with Crippen molar-refractivity contribution in [3.05, 3.63) is 11.7 Å². The molecule has 2 N–H and O–H groups in total. The number of hydrogen-bond donors (Lipinski definition) is 1. The van der Waals surface area contributed by atoms with Gasteiger partial charge in [0.1, 0.15) is 5.60 Å². The Morgan fingerprint density at radius 2 is 2.06 bits per heavy atom. The molecule has 17 heavy (non-hydrogen) atoms. The maximum absolute atomic E-state index is 5.82. The van der Waals surface area contributed by atoms with E-state index >= 15 is 0 Å². The predicted octanol–water partition coefficient (Wildman–Crippen LogP) is 2.18. The van der Waals surface area contributed by atoms with E-state index < -0.39 is 5.60 Å². The van der Waals surface area contributed by atoms with Crippen molar-refractivity contribution in [2.45, 2.75) is 58.6 Å². The van der Waals surface area contributed by atoms with Crippen molar-refractivity contribution < 1.29 is 9.26 Å². The molecule has 5 heteroatoms. The van der Waals surface area contributed by atoms with Gasteiger partial charge in [-0.1, -0.05) is 19.0 Å². The lowest BCUT2D eigenvalue weighted by Gasteiger charge is -2.23. The van der Waals surface area contributed by atoms with Crippen LogP contribution in [0.15, 0.2) is 4.52 Å². The van der Waals surface area contributed by atoms with Gasteiger partial charge in [-0.3, -0.25) is 0 Å². The monoisotopic (exact) mass is 241 g/mol. The van der Waals surface area contributed by atoms with Gasteiger partial charge in [0, 0.05) is 12.6 Å². The minimum absolute atomic E-state index is 0.0109. The summed E-state index contributed by atoms with van der Waals surface area (Å²) in [6.07, 6.45) is 0.798. The van der Waals surface area contributed by atoms with E-state index in [1.165, 1.54) is 0 Å². The van der Waals surface area contributed by atoms with Crippen molar-refractivity contribution in [1.82, 2.24) is 10.1 Å². The number of ether oxygens (including phenoxy) is 1. The van der Waals surface area contributed by atoms with Crippen LogP contribution in [0.25, 0.3) is 0 Å². The molecule has 1 rings (SSSR count). The summed E-state index contributed by atoms with van der Waals surface area (Å²) in [6, 6.07) is -0.0109. The van der Waals surface area contributed by atoms with Crippen molar-refractivity contribution >= 4 is 0 Å². The summed E-state index contributed by atoms with van der Waals surface area (Å²) in [5, 5.41) is 4.01. The van der Waals surface area contributed by atoms with Crippen molar-refractivity contribution in [2.24, 2.45) is 5.73 Å². The van der Waals surface area contributed by atoms with Crippen LogP contribution < -0.4 is 5.73 Å². The van der Waals surface area contributed by atoms with Gasteiger partial charge >= 0.3 is 0 Å².